The Hall–Kier alpha value is -0.820. The van der Waals surface area contributed by atoms with Crippen LogP contribution < -0.4 is 5.32 Å². The highest BCUT2D eigenvalue weighted by molar-refractivity contribution is 5.21. The van der Waals surface area contributed by atoms with Crippen LogP contribution in [-0.4, -0.2) is 13.6 Å². The van der Waals surface area contributed by atoms with Crippen LogP contribution in [0.2, 0.25) is 0 Å². The molecule has 0 aliphatic heterocycles. The van der Waals surface area contributed by atoms with Gasteiger partial charge in [-0.15, -0.1) is 0 Å². The molecule has 1 aliphatic carbocycles. The summed E-state index contributed by atoms with van der Waals surface area (Å²) in [6.07, 6.45) is 7.01. The highest BCUT2D eigenvalue weighted by atomic mass is 14.8. The first-order valence-electron chi connectivity index (χ1n) is 6.99. The van der Waals surface area contributed by atoms with Crippen molar-refractivity contribution in [2.45, 2.75) is 39.0 Å². The summed E-state index contributed by atoms with van der Waals surface area (Å²) in [5, 5.41) is 3.38. The van der Waals surface area contributed by atoms with Gasteiger partial charge in [-0.3, -0.25) is 0 Å². The van der Waals surface area contributed by atoms with Gasteiger partial charge < -0.3 is 5.32 Å². The van der Waals surface area contributed by atoms with Crippen LogP contribution in [0, 0.1) is 18.8 Å². The molecule has 1 nitrogen and oxygen atoms in total. The molecule has 0 aromatic heterocycles. The van der Waals surface area contributed by atoms with Crippen molar-refractivity contribution < 1.29 is 0 Å². The number of hydrogen-bond donors (Lipinski definition) is 1. The first kappa shape index (κ1) is 12.6. The maximum Gasteiger partial charge on any atom is -0.00177 e. The van der Waals surface area contributed by atoms with Crippen LogP contribution in [0.25, 0.3) is 0 Å². The molecule has 0 radical (unpaired) electrons. The van der Waals surface area contributed by atoms with E-state index < -0.39 is 0 Å². The third kappa shape index (κ3) is 3.57. The Labute approximate surface area is 106 Å². The first-order valence-corrected chi connectivity index (χ1v) is 6.99. The third-order valence-corrected chi connectivity index (χ3v) is 4.15. The van der Waals surface area contributed by atoms with E-state index in [2.05, 4.69) is 43.6 Å². The topological polar surface area (TPSA) is 12.0 Å². The van der Waals surface area contributed by atoms with Crippen molar-refractivity contribution in [3.8, 4) is 0 Å². The van der Waals surface area contributed by atoms with Crippen molar-refractivity contribution in [2.24, 2.45) is 11.8 Å². The molecule has 1 N–H and O–H groups in total. The maximum absolute atomic E-state index is 3.38. The molecule has 0 amide bonds. The van der Waals surface area contributed by atoms with E-state index in [1.54, 1.807) is 0 Å². The van der Waals surface area contributed by atoms with Gasteiger partial charge in [0.15, 0.2) is 0 Å². The molecule has 94 valence electrons. The fourth-order valence-electron chi connectivity index (χ4n) is 3.12. The SMILES string of the molecule is CNCC(Cc1ccc(C)cc1)C1CCCC1. The molecule has 0 saturated heterocycles. The summed E-state index contributed by atoms with van der Waals surface area (Å²) in [5.74, 6) is 1.77. The van der Waals surface area contributed by atoms with Gasteiger partial charge in [-0.1, -0.05) is 55.5 Å². The summed E-state index contributed by atoms with van der Waals surface area (Å²) in [7, 11) is 2.08. The van der Waals surface area contributed by atoms with Crippen LogP contribution >= 0.6 is 0 Å². The fourth-order valence-corrected chi connectivity index (χ4v) is 3.12. The lowest BCUT2D eigenvalue weighted by atomic mass is 9.85. The van der Waals surface area contributed by atoms with Crippen molar-refractivity contribution in [3.63, 3.8) is 0 Å². The summed E-state index contributed by atoms with van der Waals surface area (Å²) in [6.45, 7) is 3.32. The van der Waals surface area contributed by atoms with Gasteiger partial charge in [-0.2, -0.15) is 0 Å². The Morgan fingerprint density at radius 2 is 1.82 bits per heavy atom. The van der Waals surface area contributed by atoms with Gasteiger partial charge in [0.05, 0.1) is 0 Å². The molecule has 1 fully saturated rings. The quantitative estimate of drug-likeness (QED) is 0.817. The molecule has 0 bridgehead atoms. The zero-order valence-corrected chi connectivity index (χ0v) is 11.2. The minimum absolute atomic E-state index is 0.824. The van der Waals surface area contributed by atoms with E-state index >= 15 is 0 Å². The number of nitrogens with one attached hydrogen (secondary N) is 1. The van der Waals surface area contributed by atoms with E-state index in [9.17, 15) is 0 Å². The van der Waals surface area contributed by atoms with Crippen LogP contribution in [0.4, 0.5) is 0 Å². The molecular formula is C16H25N. The summed E-state index contributed by atoms with van der Waals surface area (Å²) in [4.78, 5) is 0. The van der Waals surface area contributed by atoms with E-state index in [0.29, 0.717) is 0 Å². The Balaban J connectivity index is 1.98. The lowest BCUT2D eigenvalue weighted by Gasteiger charge is -2.23. The predicted octanol–water partition coefficient (Wildman–Crippen LogP) is 3.56. The highest BCUT2D eigenvalue weighted by Gasteiger charge is 2.24. The molecule has 1 atom stereocenters. The molecule has 1 unspecified atom stereocenters. The molecule has 0 spiro atoms. The fraction of sp³-hybridized carbons (Fsp3) is 0.625. The minimum atomic E-state index is 0.824. The smallest absolute Gasteiger partial charge is 0.00177 e. The standard InChI is InChI=1S/C16H25N/c1-13-7-9-14(10-8-13)11-16(12-17-2)15-5-3-4-6-15/h7-10,15-17H,3-6,11-12H2,1-2H3. The van der Waals surface area contributed by atoms with E-state index in [0.717, 1.165) is 11.8 Å². The lowest BCUT2D eigenvalue weighted by molar-refractivity contribution is 0.328. The van der Waals surface area contributed by atoms with E-state index in [-0.39, 0.29) is 0 Å². The van der Waals surface area contributed by atoms with Gasteiger partial charge >= 0.3 is 0 Å². The second kappa shape index (κ2) is 6.20. The summed E-state index contributed by atoms with van der Waals surface area (Å²) in [5.41, 5.74) is 2.86. The Kier molecular flexibility index (Phi) is 4.61. The molecule has 1 aliphatic rings. The first-order chi connectivity index (χ1) is 8.29. The van der Waals surface area contributed by atoms with Crippen LogP contribution in [0.3, 0.4) is 0 Å². The Morgan fingerprint density at radius 1 is 1.18 bits per heavy atom. The second-order valence-electron chi connectivity index (χ2n) is 5.55. The van der Waals surface area contributed by atoms with Gasteiger partial charge in [0.1, 0.15) is 0 Å². The Bertz CT molecular complexity index is 322. The van der Waals surface area contributed by atoms with E-state index in [1.807, 2.05) is 0 Å². The summed E-state index contributed by atoms with van der Waals surface area (Å²) < 4.78 is 0. The monoisotopic (exact) mass is 231 g/mol. The number of aryl methyl sites for hydroxylation is 1. The van der Waals surface area contributed by atoms with Gasteiger partial charge in [-0.25, -0.2) is 0 Å². The zero-order chi connectivity index (χ0) is 12.1. The number of rotatable bonds is 5. The minimum Gasteiger partial charge on any atom is -0.319 e. The van der Waals surface area contributed by atoms with Crippen molar-refractivity contribution in [1.29, 1.82) is 0 Å². The van der Waals surface area contributed by atoms with Crippen LogP contribution in [-0.2, 0) is 6.42 Å². The van der Waals surface area contributed by atoms with Gasteiger partial charge in [-0.05, 0) is 44.3 Å². The summed E-state index contributed by atoms with van der Waals surface area (Å²) >= 11 is 0. The molecule has 0 heterocycles. The van der Waals surface area contributed by atoms with Crippen LogP contribution in [0.5, 0.6) is 0 Å². The lowest BCUT2D eigenvalue weighted by Crippen LogP contribution is -2.26. The molecule has 1 aromatic rings. The average Bonchev–Trinajstić information content (AvgIpc) is 2.85. The third-order valence-electron chi connectivity index (χ3n) is 4.15. The van der Waals surface area contributed by atoms with Crippen molar-refractivity contribution >= 4 is 0 Å². The van der Waals surface area contributed by atoms with Gasteiger partial charge in [0, 0.05) is 0 Å². The van der Waals surface area contributed by atoms with Crippen molar-refractivity contribution in [3.05, 3.63) is 35.4 Å². The van der Waals surface area contributed by atoms with Crippen molar-refractivity contribution in [2.75, 3.05) is 13.6 Å². The summed E-state index contributed by atoms with van der Waals surface area (Å²) in [6, 6.07) is 9.07. The molecule has 2 rings (SSSR count). The van der Waals surface area contributed by atoms with Gasteiger partial charge in [0.25, 0.3) is 0 Å². The normalized spacial score (nSPS) is 18.5. The molecular weight excluding hydrogens is 206 g/mol. The molecule has 17 heavy (non-hydrogen) atoms. The predicted molar refractivity (Wildman–Crippen MR) is 74.3 cm³/mol. The van der Waals surface area contributed by atoms with Crippen LogP contribution in [0.15, 0.2) is 24.3 Å². The number of hydrogen-bond acceptors (Lipinski definition) is 1. The molecule has 1 aromatic carbocycles. The second-order valence-corrected chi connectivity index (χ2v) is 5.55. The molecule has 1 heteroatoms. The highest BCUT2D eigenvalue weighted by Crippen LogP contribution is 2.33. The van der Waals surface area contributed by atoms with E-state index in [4.69, 9.17) is 0 Å². The Morgan fingerprint density at radius 3 is 2.41 bits per heavy atom. The number of benzene rings is 1. The zero-order valence-electron chi connectivity index (χ0n) is 11.2. The van der Waals surface area contributed by atoms with E-state index in [1.165, 1.54) is 49.8 Å². The average molecular weight is 231 g/mol. The molecule has 1 saturated carbocycles. The maximum atomic E-state index is 3.38. The van der Waals surface area contributed by atoms with Crippen molar-refractivity contribution in [1.82, 2.24) is 5.32 Å². The van der Waals surface area contributed by atoms with Gasteiger partial charge in [0.2, 0.25) is 0 Å². The van der Waals surface area contributed by atoms with Crippen LogP contribution in [0.1, 0.15) is 36.8 Å². The largest absolute Gasteiger partial charge is 0.319 e.